The van der Waals surface area contributed by atoms with E-state index < -0.39 is 0 Å². The average Bonchev–Trinajstić information content (AvgIpc) is 3.38. The summed E-state index contributed by atoms with van der Waals surface area (Å²) in [5, 5.41) is 19.4. The Kier molecular flexibility index (Phi) is 5.66. The second kappa shape index (κ2) is 8.70. The lowest BCUT2D eigenvalue weighted by atomic mass is 10.2. The minimum absolute atomic E-state index is 0.492. The Morgan fingerprint density at radius 2 is 2.00 bits per heavy atom. The van der Waals surface area contributed by atoms with Crippen LogP contribution in [0.15, 0.2) is 58.2 Å². The summed E-state index contributed by atoms with van der Waals surface area (Å²) in [6.45, 7) is 1.08. The molecule has 0 unspecified atom stereocenters. The number of rotatable bonds is 6. The van der Waals surface area contributed by atoms with E-state index in [-0.39, 0.29) is 0 Å². The Labute approximate surface area is 171 Å². The smallest absolute Gasteiger partial charge is 0.228 e. The number of fused-ring (bicyclic) bond motifs is 1. The van der Waals surface area contributed by atoms with Crippen LogP contribution in [-0.2, 0) is 13.0 Å². The number of nitrogens with zero attached hydrogens (tertiary/aromatic N) is 6. The van der Waals surface area contributed by atoms with Crippen molar-refractivity contribution in [2.24, 2.45) is 4.99 Å². The fourth-order valence-corrected chi connectivity index (χ4v) is 2.88. The molecular formula is C19H19ClN8O. The first-order valence-corrected chi connectivity index (χ1v) is 9.42. The van der Waals surface area contributed by atoms with Gasteiger partial charge in [-0.2, -0.15) is 4.98 Å². The van der Waals surface area contributed by atoms with Crippen LogP contribution in [0.25, 0.3) is 17.0 Å². The van der Waals surface area contributed by atoms with Gasteiger partial charge in [0.05, 0.1) is 6.54 Å². The molecule has 0 fully saturated rings. The lowest BCUT2D eigenvalue weighted by Crippen LogP contribution is -2.38. The number of halogens is 1. The Morgan fingerprint density at radius 3 is 2.83 bits per heavy atom. The Morgan fingerprint density at radius 1 is 1.14 bits per heavy atom. The summed E-state index contributed by atoms with van der Waals surface area (Å²) in [5.74, 6) is 2.53. The van der Waals surface area contributed by atoms with Crippen molar-refractivity contribution in [1.29, 1.82) is 0 Å². The molecule has 148 valence electrons. The second-order valence-electron chi connectivity index (χ2n) is 6.17. The van der Waals surface area contributed by atoms with E-state index in [4.69, 9.17) is 16.1 Å². The fraction of sp³-hybridized carbons (Fsp3) is 0.211. The van der Waals surface area contributed by atoms with Gasteiger partial charge < -0.3 is 15.2 Å². The van der Waals surface area contributed by atoms with Crippen LogP contribution in [0.3, 0.4) is 0 Å². The van der Waals surface area contributed by atoms with E-state index in [1.165, 1.54) is 0 Å². The van der Waals surface area contributed by atoms with E-state index in [0.29, 0.717) is 42.2 Å². The van der Waals surface area contributed by atoms with Crippen LogP contribution in [0.1, 0.15) is 11.7 Å². The fourth-order valence-electron chi connectivity index (χ4n) is 2.76. The summed E-state index contributed by atoms with van der Waals surface area (Å²) in [6.07, 6.45) is 2.49. The molecule has 4 aromatic rings. The Hall–Kier alpha value is -3.46. The molecule has 29 heavy (non-hydrogen) atoms. The Bertz CT molecular complexity index is 1120. The highest BCUT2D eigenvalue weighted by Gasteiger charge is 2.09. The number of hydrogen-bond acceptors (Lipinski definition) is 6. The summed E-state index contributed by atoms with van der Waals surface area (Å²) in [5.41, 5.74) is 1.66. The van der Waals surface area contributed by atoms with Crippen molar-refractivity contribution in [3.63, 3.8) is 0 Å². The van der Waals surface area contributed by atoms with Gasteiger partial charge in [0.25, 0.3) is 0 Å². The summed E-state index contributed by atoms with van der Waals surface area (Å²) >= 11 is 5.90. The molecule has 3 aromatic heterocycles. The highest BCUT2D eigenvalue weighted by Crippen LogP contribution is 2.18. The molecule has 2 N–H and O–H groups in total. The van der Waals surface area contributed by atoms with E-state index in [9.17, 15) is 0 Å². The third kappa shape index (κ3) is 4.52. The van der Waals surface area contributed by atoms with Gasteiger partial charge in [-0.15, -0.1) is 10.2 Å². The number of benzene rings is 1. The summed E-state index contributed by atoms with van der Waals surface area (Å²) in [6, 6.07) is 13.1. The zero-order chi connectivity index (χ0) is 20.1. The molecular weight excluding hydrogens is 392 g/mol. The summed E-state index contributed by atoms with van der Waals surface area (Å²) in [4.78, 5) is 8.63. The topological polar surface area (TPSA) is 106 Å². The molecule has 0 radical (unpaired) electrons. The molecule has 9 nitrogen and oxygen atoms in total. The number of aliphatic imine (C=N–C) groups is 1. The molecule has 1 aromatic carbocycles. The first kappa shape index (κ1) is 18.9. The van der Waals surface area contributed by atoms with Crippen molar-refractivity contribution >= 4 is 23.2 Å². The molecule has 0 atom stereocenters. The van der Waals surface area contributed by atoms with E-state index >= 15 is 0 Å². The number of guanidine groups is 1. The van der Waals surface area contributed by atoms with E-state index in [0.717, 1.165) is 17.0 Å². The maximum atomic E-state index is 5.90. The van der Waals surface area contributed by atoms with Crippen molar-refractivity contribution < 1.29 is 4.52 Å². The molecule has 3 heterocycles. The molecule has 0 aliphatic rings. The molecule has 0 spiro atoms. The number of pyridine rings is 1. The van der Waals surface area contributed by atoms with E-state index in [1.807, 2.05) is 40.9 Å². The van der Waals surface area contributed by atoms with Crippen LogP contribution in [0.5, 0.6) is 0 Å². The maximum Gasteiger partial charge on any atom is 0.228 e. The van der Waals surface area contributed by atoms with Gasteiger partial charge in [0.1, 0.15) is 0 Å². The first-order chi connectivity index (χ1) is 14.2. The van der Waals surface area contributed by atoms with Crippen molar-refractivity contribution in [2.75, 3.05) is 13.6 Å². The van der Waals surface area contributed by atoms with Crippen molar-refractivity contribution in [3.05, 3.63) is 65.4 Å². The molecule has 0 amide bonds. The standard InChI is InChI=1S/C19H19ClN8O/c1-21-19(23-12-16-26-25-15-4-2-3-11-28(15)16)22-10-9-17-24-18(27-29-17)13-5-7-14(20)8-6-13/h2-8,11H,9-10,12H2,1H3,(H2,21,22,23). The van der Waals surface area contributed by atoms with E-state index in [2.05, 4.69) is 36.0 Å². The molecule has 0 bridgehead atoms. The SMILES string of the molecule is CN=C(NCCc1nc(-c2ccc(Cl)cc2)no1)NCc1nnc2ccccn12. The van der Waals surface area contributed by atoms with Crippen LogP contribution >= 0.6 is 11.6 Å². The number of hydrogen-bond donors (Lipinski definition) is 2. The predicted octanol–water partition coefficient (Wildman–Crippen LogP) is 2.34. The van der Waals surface area contributed by atoms with E-state index in [1.54, 1.807) is 19.2 Å². The highest BCUT2D eigenvalue weighted by molar-refractivity contribution is 6.30. The quantitative estimate of drug-likeness (QED) is 0.371. The minimum atomic E-state index is 0.492. The van der Waals surface area contributed by atoms with Crippen LogP contribution in [-0.4, -0.2) is 44.3 Å². The molecule has 0 aliphatic carbocycles. The van der Waals surface area contributed by atoms with Gasteiger partial charge in [-0.05, 0) is 36.4 Å². The Balaban J connectivity index is 1.28. The van der Waals surface area contributed by atoms with Gasteiger partial charge in [0.2, 0.25) is 11.7 Å². The zero-order valence-electron chi connectivity index (χ0n) is 15.7. The van der Waals surface area contributed by atoms with Gasteiger partial charge in [-0.1, -0.05) is 22.8 Å². The van der Waals surface area contributed by atoms with Crippen molar-refractivity contribution in [1.82, 2.24) is 35.4 Å². The predicted molar refractivity (Wildman–Crippen MR) is 110 cm³/mol. The van der Waals surface area contributed by atoms with Crippen LogP contribution in [0.2, 0.25) is 5.02 Å². The third-order valence-corrected chi connectivity index (χ3v) is 4.48. The third-order valence-electron chi connectivity index (χ3n) is 4.22. The zero-order valence-corrected chi connectivity index (χ0v) is 16.5. The molecule has 4 rings (SSSR count). The molecule has 0 saturated carbocycles. The number of nitrogens with one attached hydrogen (secondary N) is 2. The largest absolute Gasteiger partial charge is 0.356 e. The highest BCUT2D eigenvalue weighted by atomic mass is 35.5. The van der Waals surface area contributed by atoms with Gasteiger partial charge >= 0.3 is 0 Å². The summed E-state index contributed by atoms with van der Waals surface area (Å²) in [7, 11) is 1.71. The normalized spacial score (nSPS) is 11.7. The van der Waals surface area contributed by atoms with Crippen LogP contribution < -0.4 is 10.6 Å². The lowest BCUT2D eigenvalue weighted by Gasteiger charge is -2.10. The van der Waals surface area contributed by atoms with Gasteiger partial charge in [-0.3, -0.25) is 9.39 Å². The second-order valence-corrected chi connectivity index (χ2v) is 6.60. The van der Waals surface area contributed by atoms with Gasteiger partial charge in [0, 0.05) is 36.8 Å². The van der Waals surface area contributed by atoms with Gasteiger partial charge in [-0.25, -0.2) is 0 Å². The van der Waals surface area contributed by atoms with Gasteiger partial charge in [0.15, 0.2) is 17.4 Å². The summed E-state index contributed by atoms with van der Waals surface area (Å²) < 4.78 is 7.24. The number of aromatic nitrogens is 5. The molecule has 0 aliphatic heterocycles. The average molecular weight is 411 g/mol. The van der Waals surface area contributed by atoms with Crippen molar-refractivity contribution in [3.8, 4) is 11.4 Å². The molecule has 0 saturated heterocycles. The maximum absolute atomic E-state index is 5.90. The lowest BCUT2D eigenvalue weighted by molar-refractivity contribution is 0.378. The van der Waals surface area contributed by atoms with Crippen LogP contribution in [0.4, 0.5) is 0 Å². The minimum Gasteiger partial charge on any atom is -0.356 e. The first-order valence-electron chi connectivity index (χ1n) is 9.04. The van der Waals surface area contributed by atoms with Crippen LogP contribution in [0, 0.1) is 0 Å². The van der Waals surface area contributed by atoms with Crippen molar-refractivity contribution in [2.45, 2.75) is 13.0 Å². The molecule has 10 heteroatoms. The monoisotopic (exact) mass is 410 g/mol.